The molecule has 250 valence electrons. The second-order valence-corrected chi connectivity index (χ2v) is 13.7. The van der Waals surface area contributed by atoms with Crippen molar-refractivity contribution >= 4 is 65.4 Å². The number of nitrogens with zero attached hydrogens (tertiary/aromatic N) is 5. The molecule has 0 atom stereocenters. The molecule has 6 aromatic carbocycles. The van der Waals surface area contributed by atoms with Crippen LogP contribution in [-0.2, 0) is 0 Å². The zero-order valence-electron chi connectivity index (χ0n) is 29.0. The van der Waals surface area contributed by atoms with Crippen molar-refractivity contribution in [1.82, 2.24) is 24.9 Å². The molecule has 0 amide bonds. The molecule has 0 aliphatic heterocycles. The van der Waals surface area contributed by atoms with E-state index < -0.39 is 0 Å². The van der Waals surface area contributed by atoms with Gasteiger partial charge in [0.2, 0.25) is 0 Å². The van der Waals surface area contributed by atoms with Gasteiger partial charge in [0.15, 0.2) is 0 Å². The molecule has 0 aliphatic rings. The Bertz CT molecular complexity index is 3270. The first kappa shape index (κ1) is 30.3. The number of benzene rings is 6. The third-order valence-corrected chi connectivity index (χ3v) is 10.4. The summed E-state index contributed by atoms with van der Waals surface area (Å²) in [5.74, 6) is 0. The molecule has 5 nitrogen and oxygen atoms in total. The fraction of sp³-hybridized carbons (Fsp3) is 0. The fourth-order valence-electron chi connectivity index (χ4n) is 7.72. The van der Waals surface area contributed by atoms with Gasteiger partial charge in [-0.25, -0.2) is 24.9 Å². The fourth-order valence-corrected chi connectivity index (χ4v) is 7.72. The van der Waals surface area contributed by atoms with Crippen LogP contribution in [0.3, 0.4) is 0 Å². The van der Waals surface area contributed by atoms with Crippen molar-refractivity contribution in [2.45, 2.75) is 0 Å². The molecule has 0 radical (unpaired) electrons. The van der Waals surface area contributed by atoms with Crippen molar-refractivity contribution in [2.24, 2.45) is 0 Å². The Labute approximate surface area is 310 Å². The maximum absolute atomic E-state index is 5.23. The van der Waals surface area contributed by atoms with E-state index in [2.05, 4.69) is 152 Å². The van der Waals surface area contributed by atoms with E-state index in [1.807, 2.05) is 24.3 Å². The van der Waals surface area contributed by atoms with Crippen LogP contribution in [0.2, 0.25) is 0 Å². The van der Waals surface area contributed by atoms with E-state index in [0.29, 0.717) is 0 Å². The molecule has 0 fully saturated rings. The van der Waals surface area contributed by atoms with Crippen LogP contribution < -0.4 is 0 Å². The molecule has 11 rings (SSSR count). The molecule has 5 heterocycles. The summed E-state index contributed by atoms with van der Waals surface area (Å²) in [4.78, 5) is 25.8. The number of hydrogen-bond donors (Lipinski definition) is 0. The molecule has 11 aromatic rings. The Hall–Kier alpha value is -7.37. The van der Waals surface area contributed by atoms with Crippen LogP contribution >= 0.6 is 0 Å². The van der Waals surface area contributed by atoms with Crippen LogP contribution in [0.4, 0.5) is 0 Å². The van der Waals surface area contributed by atoms with Crippen molar-refractivity contribution in [3.8, 4) is 45.0 Å². The van der Waals surface area contributed by atoms with Crippen molar-refractivity contribution in [2.75, 3.05) is 0 Å². The summed E-state index contributed by atoms with van der Waals surface area (Å²) in [7, 11) is 0. The highest BCUT2D eigenvalue weighted by molar-refractivity contribution is 6.16. The van der Waals surface area contributed by atoms with Crippen molar-refractivity contribution in [3.05, 3.63) is 176 Å². The van der Waals surface area contributed by atoms with Crippen LogP contribution in [0.1, 0.15) is 0 Å². The third-order valence-electron chi connectivity index (χ3n) is 10.4. The number of rotatable bonds is 4. The van der Waals surface area contributed by atoms with Crippen molar-refractivity contribution < 1.29 is 0 Å². The van der Waals surface area contributed by atoms with Crippen LogP contribution in [0.25, 0.3) is 110 Å². The summed E-state index contributed by atoms with van der Waals surface area (Å²) in [6.07, 6.45) is 0. The Morgan fingerprint density at radius 2 is 0.778 bits per heavy atom. The molecule has 0 spiro atoms. The molecule has 0 saturated heterocycles. The lowest BCUT2D eigenvalue weighted by Crippen LogP contribution is -1.94. The van der Waals surface area contributed by atoms with Gasteiger partial charge in [-0.1, -0.05) is 133 Å². The minimum Gasteiger partial charge on any atom is -0.246 e. The van der Waals surface area contributed by atoms with Gasteiger partial charge in [0, 0.05) is 49.0 Å². The monoisotopic (exact) mass is 687 g/mol. The van der Waals surface area contributed by atoms with Gasteiger partial charge in [-0.3, -0.25) is 0 Å². The lowest BCUT2D eigenvalue weighted by Gasteiger charge is -2.13. The van der Waals surface area contributed by atoms with Crippen LogP contribution in [0.15, 0.2) is 176 Å². The van der Waals surface area contributed by atoms with E-state index in [9.17, 15) is 0 Å². The lowest BCUT2D eigenvalue weighted by atomic mass is 9.95. The normalized spacial score (nSPS) is 11.7. The predicted octanol–water partition coefficient (Wildman–Crippen LogP) is 12.2. The Balaban J connectivity index is 0.996. The van der Waals surface area contributed by atoms with E-state index in [4.69, 9.17) is 24.9 Å². The second kappa shape index (κ2) is 12.1. The van der Waals surface area contributed by atoms with Gasteiger partial charge in [-0.15, -0.1) is 0 Å². The predicted molar refractivity (Wildman–Crippen MR) is 222 cm³/mol. The molecule has 0 N–H and O–H groups in total. The second-order valence-electron chi connectivity index (χ2n) is 13.7. The molecule has 0 unspecified atom stereocenters. The number of pyridine rings is 5. The molecule has 0 aliphatic carbocycles. The topological polar surface area (TPSA) is 64.5 Å². The summed E-state index contributed by atoms with van der Waals surface area (Å²) in [5, 5.41) is 6.42. The first-order valence-electron chi connectivity index (χ1n) is 18.1. The highest BCUT2D eigenvalue weighted by Gasteiger charge is 2.16. The Morgan fingerprint density at radius 3 is 1.50 bits per heavy atom. The van der Waals surface area contributed by atoms with E-state index in [-0.39, 0.29) is 0 Å². The van der Waals surface area contributed by atoms with E-state index in [0.717, 1.165) is 105 Å². The highest BCUT2D eigenvalue weighted by Crippen LogP contribution is 2.38. The number of aromatic nitrogens is 5. The number of para-hydroxylation sites is 1. The summed E-state index contributed by atoms with van der Waals surface area (Å²) in [6.45, 7) is 0. The summed E-state index contributed by atoms with van der Waals surface area (Å²) in [6, 6.07) is 60.9. The van der Waals surface area contributed by atoms with Gasteiger partial charge in [-0.05, 0) is 48.0 Å². The smallest absolute Gasteiger partial charge is 0.0978 e. The number of hydrogen-bond acceptors (Lipinski definition) is 5. The van der Waals surface area contributed by atoms with Crippen LogP contribution in [0, 0.1) is 0 Å². The van der Waals surface area contributed by atoms with E-state index in [1.54, 1.807) is 0 Å². The van der Waals surface area contributed by atoms with Crippen LogP contribution in [-0.4, -0.2) is 24.9 Å². The van der Waals surface area contributed by atoms with Gasteiger partial charge in [0.1, 0.15) is 0 Å². The molecule has 5 heteroatoms. The average molecular weight is 688 g/mol. The highest BCUT2D eigenvalue weighted by atomic mass is 14.8. The number of fused-ring (bicyclic) bond motifs is 8. The molecular weight excluding hydrogens is 659 g/mol. The maximum atomic E-state index is 5.23. The summed E-state index contributed by atoms with van der Waals surface area (Å²) < 4.78 is 0. The SMILES string of the molecule is c1ccc(-c2ccc3ccc4ccc(-c5ccc6nc(-c7ccc8ccc9c(-c%10ccccc%10)c%10ccccc%10nc9c8n7)ccc6c5)nc4c3n2)cc1. The first-order chi connectivity index (χ1) is 26.7. The van der Waals surface area contributed by atoms with E-state index in [1.165, 1.54) is 5.56 Å². The maximum Gasteiger partial charge on any atom is 0.0978 e. The summed E-state index contributed by atoms with van der Waals surface area (Å²) >= 11 is 0. The zero-order valence-corrected chi connectivity index (χ0v) is 29.0. The van der Waals surface area contributed by atoms with Crippen LogP contribution in [0.5, 0.6) is 0 Å². The Morgan fingerprint density at radius 1 is 0.259 bits per heavy atom. The standard InChI is InChI=1S/C49H29N5/c1-3-9-30(10-4-1)39-24-18-32-15-16-33-19-25-41(52-47(33)46(32)51-39)36-21-26-40-35(29-36)22-28-43(50-40)44-27-20-34-17-23-38-45(31-11-5-2-6-12-31)37-13-7-8-14-42(37)53-49(38)48(34)54-44/h1-29H. The largest absolute Gasteiger partial charge is 0.246 e. The molecular formula is C49H29N5. The first-order valence-corrected chi connectivity index (χ1v) is 18.1. The minimum atomic E-state index is 0.808. The molecule has 54 heavy (non-hydrogen) atoms. The van der Waals surface area contributed by atoms with Gasteiger partial charge >= 0.3 is 0 Å². The lowest BCUT2D eigenvalue weighted by molar-refractivity contribution is 1.32. The Kier molecular flexibility index (Phi) is 6.79. The van der Waals surface area contributed by atoms with Gasteiger partial charge in [-0.2, -0.15) is 0 Å². The van der Waals surface area contributed by atoms with Gasteiger partial charge in [0.25, 0.3) is 0 Å². The average Bonchev–Trinajstić information content (AvgIpc) is 3.25. The van der Waals surface area contributed by atoms with Gasteiger partial charge < -0.3 is 0 Å². The van der Waals surface area contributed by atoms with Crippen molar-refractivity contribution in [1.29, 1.82) is 0 Å². The third kappa shape index (κ3) is 4.98. The minimum absolute atomic E-state index is 0.808. The molecule has 0 bridgehead atoms. The quantitative estimate of drug-likeness (QED) is 0.136. The molecule has 0 saturated carbocycles. The zero-order chi connectivity index (χ0) is 35.6. The van der Waals surface area contributed by atoms with Gasteiger partial charge in [0.05, 0.1) is 55.9 Å². The summed E-state index contributed by atoms with van der Waals surface area (Å²) in [5.41, 5.74) is 13.3. The van der Waals surface area contributed by atoms with Crippen molar-refractivity contribution in [3.63, 3.8) is 0 Å². The van der Waals surface area contributed by atoms with E-state index >= 15 is 0 Å². The molecule has 5 aromatic heterocycles.